The van der Waals surface area contributed by atoms with E-state index in [9.17, 15) is 9.59 Å². The molecule has 7 nitrogen and oxygen atoms in total. The molecule has 0 saturated carbocycles. The van der Waals surface area contributed by atoms with Gasteiger partial charge >= 0.3 is 5.69 Å². The van der Waals surface area contributed by atoms with Gasteiger partial charge in [-0.2, -0.15) is 4.98 Å². The summed E-state index contributed by atoms with van der Waals surface area (Å²) in [7, 11) is 1.65. The zero-order valence-electron chi connectivity index (χ0n) is 13.4. The highest BCUT2D eigenvalue weighted by Crippen LogP contribution is 2.25. The van der Waals surface area contributed by atoms with E-state index in [0.29, 0.717) is 17.1 Å². The number of H-pyrrole nitrogens is 1. The molecule has 120 valence electrons. The summed E-state index contributed by atoms with van der Waals surface area (Å²) in [6, 6.07) is 0. The molecule has 22 heavy (non-hydrogen) atoms. The summed E-state index contributed by atoms with van der Waals surface area (Å²) in [4.78, 5) is 33.3. The summed E-state index contributed by atoms with van der Waals surface area (Å²) in [6.07, 6.45) is 3.26. The van der Waals surface area contributed by atoms with Crippen LogP contribution in [0.25, 0.3) is 11.2 Å². The van der Waals surface area contributed by atoms with Crippen LogP contribution < -0.4 is 16.1 Å². The van der Waals surface area contributed by atoms with Gasteiger partial charge in [0.15, 0.2) is 11.2 Å². The minimum Gasteiger partial charge on any atom is -0.342 e. The number of imidazole rings is 1. The molecule has 0 unspecified atom stereocenters. The Bertz CT molecular complexity index is 801. The molecule has 1 aliphatic rings. The van der Waals surface area contributed by atoms with E-state index in [4.69, 9.17) is 0 Å². The second kappa shape index (κ2) is 5.62. The maximum Gasteiger partial charge on any atom is 0.329 e. The van der Waals surface area contributed by atoms with Crippen LogP contribution in [0.15, 0.2) is 9.59 Å². The third-order valence-corrected chi connectivity index (χ3v) is 4.37. The number of aromatic nitrogens is 4. The fourth-order valence-electron chi connectivity index (χ4n) is 3.27. The highest BCUT2D eigenvalue weighted by Gasteiger charge is 2.24. The van der Waals surface area contributed by atoms with Crippen LogP contribution in [0.1, 0.15) is 33.1 Å². The predicted molar refractivity (Wildman–Crippen MR) is 86.5 cm³/mol. The molecule has 1 fully saturated rings. The molecule has 3 rings (SSSR count). The van der Waals surface area contributed by atoms with Gasteiger partial charge in [-0.3, -0.25) is 14.3 Å². The topological polar surface area (TPSA) is 75.9 Å². The van der Waals surface area contributed by atoms with Crippen LogP contribution >= 0.6 is 0 Å². The van der Waals surface area contributed by atoms with Crippen molar-refractivity contribution in [3.05, 3.63) is 20.8 Å². The van der Waals surface area contributed by atoms with Crippen molar-refractivity contribution in [3.8, 4) is 0 Å². The number of nitrogens with one attached hydrogen (secondary N) is 1. The summed E-state index contributed by atoms with van der Waals surface area (Å²) in [6.45, 7) is 6.92. The Morgan fingerprint density at radius 2 is 2.14 bits per heavy atom. The fourth-order valence-corrected chi connectivity index (χ4v) is 3.27. The molecular weight excluding hydrogens is 282 g/mol. The van der Waals surface area contributed by atoms with Crippen LogP contribution in [0.4, 0.5) is 5.95 Å². The number of hydrogen-bond acceptors (Lipinski definition) is 4. The molecule has 0 aliphatic carbocycles. The quantitative estimate of drug-likeness (QED) is 0.920. The summed E-state index contributed by atoms with van der Waals surface area (Å²) in [5, 5.41) is 0. The summed E-state index contributed by atoms with van der Waals surface area (Å²) < 4.78 is 3.38. The molecule has 0 aromatic carbocycles. The Labute approximate surface area is 128 Å². The van der Waals surface area contributed by atoms with Crippen LogP contribution in [0.2, 0.25) is 0 Å². The lowest BCUT2D eigenvalue weighted by Crippen LogP contribution is -2.36. The van der Waals surface area contributed by atoms with Crippen LogP contribution in [-0.2, 0) is 13.6 Å². The van der Waals surface area contributed by atoms with Crippen molar-refractivity contribution in [3.63, 3.8) is 0 Å². The molecule has 1 N–H and O–H groups in total. The van der Waals surface area contributed by atoms with Gasteiger partial charge in [0.25, 0.3) is 5.56 Å². The van der Waals surface area contributed by atoms with Crippen molar-refractivity contribution in [1.82, 2.24) is 19.1 Å². The molecule has 0 spiro atoms. The van der Waals surface area contributed by atoms with E-state index in [1.165, 1.54) is 11.0 Å². The number of fused-ring (bicyclic) bond motifs is 1. The molecule has 7 heteroatoms. The number of piperidine rings is 1. The second-order valence-electron chi connectivity index (χ2n) is 6.25. The van der Waals surface area contributed by atoms with E-state index < -0.39 is 5.69 Å². The lowest BCUT2D eigenvalue weighted by Gasteiger charge is -2.32. The molecule has 2 aromatic heterocycles. The van der Waals surface area contributed by atoms with Crippen LogP contribution in [-0.4, -0.2) is 32.2 Å². The van der Waals surface area contributed by atoms with Gasteiger partial charge in [-0.05, 0) is 25.2 Å². The van der Waals surface area contributed by atoms with E-state index in [1.807, 2.05) is 4.57 Å². The molecular formula is C15H23N5O2. The zero-order valence-corrected chi connectivity index (χ0v) is 13.4. The van der Waals surface area contributed by atoms with Gasteiger partial charge in [-0.15, -0.1) is 0 Å². The van der Waals surface area contributed by atoms with E-state index >= 15 is 0 Å². The van der Waals surface area contributed by atoms with Crippen LogP contribution in [0, 0.1) is 5.92 Å². The minimum atomic E-state index is -0.419. The first-order chi connectivity index (χ1) is 10.5. The van der Waals surface area contributed by atoms with Gasteiger partial charge in [0.05, 0.1) is 0 Å². The summed E-state index contributed by atoms with van der Waals surface area (Å²) in [5.74, 6) is 1.43. The number of hydrogen-bond donors (Lipinski definition) is 1. The number of rotatable bonds is 3. The van der Waals surface area contributed by atoms with Crippen molar-refractivity contribution in [2.75, 3.05) is 18.0 Å². The number of aromatic amines is 1. The average Bonchev–Trinajstić information content (AvgIpc) is 2.85. The molecule has 1 atom stereocenters. The van der Waals surface area contributed by atoms with Gasteiger partial charge in [0.2, 0.25) is 5.95 Å². The van der Waals surface area contributed by atoms with Gasteiger partial charge in [-0.25, -0.2) is 4.79 Å². The Morgan fingerprint density at radius 3 is 2.82 bits per heavy atom. The van der Waals surface area contributed by atoms with Gasteiger partial charge in [-0.1, -0.05) is 13.8 Å². The smallest absolute Gasteiger partial charge is 0.329 e. The molecule has 1 aliphatic heterocycles. The first-order valence-electron chi connectivity index (χ1n) is 7.97. The molecule has 0 bridgehead atoms. The standard InChI is InChI=1S/C15H23N5O2/c1-4-7-20-11-12(18(3)15(22)17-13(11)21)16-14(20)19-8-5-6-10(2)9-19/h10H,4-9H2,1-3H3,(H,17,21,22)/t10-/m0/s1. The van der Waals surface area contributed by atoms with Crippen molar-refractivity contribution in [2.24, 2.45) is 13.0 Å². The lowest BCUT2D eigenvalue weighted by atomic mass is 10.0. The van der Waals surface area contributed by atoms with E-state index in [-0.39, 0.29) is 5.56 Å². The van der Waals surface area contributed by atoms with Gasteiger partial charge < -0.3 is 9.47 Å². The molecule has 1 saturated heterocycles. The third-order valence-electron chi connectivity index (χ3n) is 4.37. The normalized spacial score (nSPS) is 19.0. The first kappa shape index (κ1) is 14.9. The van der Waals surface area contributed by atoms with Crippen molar-refractivity contribution in [1.29, 1.82) is 0 Å². The summed E-state index contributed by atoms with van der Waals surface area (Å²) >= 11 is 0. The monoisotopic (exact) mass is 305 g/mol. The zero-order chi connectivity index (χ0) is 15.9. The van der Waals surface area contributed by atoms with Crippen molar-refractivity contribution in [2.45, 2.75) is 39.7 Å². The average molecular weight is 305 g/mol. The highest BCUT2D eigenvalue weighted by molar-refractivity contribution is 5.74. The maximum absolute atomic E-state index is 12.3. The van der Waals surface area contributed by atoms with Crippen LogP contribution in [0.5, 0.6) is 0 Å². The Morgan fingerprint density at radius 1 is 1.36 bits per heavy atom. The summed E-state index contributed by atoms with van der Waals surface area (Å²) in [5.41, 5.74) is 0.195. The van der Waals surface area contributed by atoms with Gasteiger partial charge in [0.1, 0.15) is 0 Å². The lowest BCUT2D eigenvalue weighted by molar-refractivity contribution is 0.437. The van der Waals surface area contributed by atoms with E-state index in [2.05, 4.69) is 28.7 Å². The second-order valence-corrected chi connectivity index (χ2v) is 6.25. The Balaban J connectivity index is 2.23. The number of nitrogens with zero attached hydrogens (tertiary/aromatic N) is 4. The largest absolute Gasteiger partial charge is 0.342 e. The molecule has 0 amide bonds. The third kappa shape index (κ3) is 2.34. The highest BCUT2D eigenvalue weighted by atomic mass is 16.2. The minimum absolute atomic E-state index is 0.352. The number of anilines is 1. The molecule has 2 aromatic rings. The first-order valence-corrected chi connectivity index (χ1v) is 7.97. The Hall–Kier alpha value is -2.05. The van der Waals surface area contributed by atoms with Gasteiger partial charge in [0, 0.05) is 26.7 Å². The molecule has 0 radical (unpaired) electrons. The molecule has 3 heterocycles. The van der Waals surface area contributed by atoms with Crippen molar-refractivity contribution < 1.29 is 0 Å². The fraction of sp³-hybridized carbons (Fsp3) is 0.667. The van der Waals surface area contributed by atoms with Crippen molar-refractivity contribution >= 4 is 17.1 Å². The maximum atomic E-state index is 12.3. The Kier molecular flexibility index (Phi) is 3.80. The van der Waals surface area contributed by atoms with E-state index in [1.54, 1.807) is 7.05 Å². The predicted octanol–water partition coefficient (Wildman–Crippen LogP) is 1.07. The SMILES string of the molecule is CCCn1c(N2CCC[C@H](C)C2)nc2c1c(=O)[nH]c(=O)n2C. The number of aryl methyl sites for hydroxylation is 2. The van der Waals surface area contributed by atoms with E-state index in [0.717, 1.165) is 38.4 Å². The van der Waals surface area contributed by atoms with Crippen LogP contribution in [0.3, 0.4) is 0 Å².